The minimum absolute atomic E-state index is 0.00670. The molecule has 0 bridgehead atoms. The summed E-state index contributed by atoms with van der Waals surface area (Å²) in [5.74, 6) is 0.122. The molecule has 0 saturated heterocycles. The number of hydrogen-bond donors (Lipinski definition) is 0. The molecule has 8 heteroatoms. The van der Waals surface area contributed by atoms with Crippen LogP contribution < -0.4 is 0 Å². The first-order valence-corrected chi connectivity index (χ1v) is 8.75. The average Bonchev–Trinajstić information content (AvgIpc) is 2.99. The Hall–Kier alpha value is -1.35. The van der Waals surface area contributed by atoms with E-state index in [4.69, 9.17) is 18.9 Å². The molecule has 0 aliphatic rings. The second-order valence-electron chi connectivity index (χ2n) is 6.23. The lowest BCUT2D eigenvalue weighted by Crippen LogP contribution is -2.15. The Morgan fingerprint density at radius 3 is 2.20 bits per heavy atom. The van der Waals surface area contributed by atoms with Crippen LogP contribution in [0, 0.1) is 5.92 Å². The Labute approximate surface area is 149 Å². The van der Waals surface area contributed by atoms with Gasteiger partial charge in [0.2, 0.25) is 0 Å². The van der Waals surface area contributed by atoms with Crippen molar-refractivity contribution in [3.63, 3.8) is 0 Å². The molecule has 8 nitrogen and oxygen atoms in total. The lowest BCUT2D eigenvalue weighted by molar-refractivity contribution is -0.122. The summed E-state index contributed by atoms with van der Waals surface area (Å²) in [5.41, 5.74) is 0.699. The molecule has 0 amide bonds. The Morgan fingerprint density at radius 2 is 1.60 bits per heavy atom. The van der Waals surface area contributed by atoms with E-state index in [1.807, 2.05) is 27.7 Å². The summed E-state index contributed by atoms with van der Waals surface area (Å²) < 4.78 is 23.1. The van der Waals surface area contributed by atoms with Gasteiger partial charge in [0.1, 0.15) is 12.2 Å². The lowest BCUT2D eigenvalue weighted by atomic mass is 10.1. The molecular formula is C17H31N3O5. The van der Waals surface area contributed by atoms with Gasteiger partial charge in [0, 0.05) is 5.92 Å². The van der Waals surface area contributed by atoms with Crippen molar-refractivity contribution >= 4 is 5.78 Å². The van der Waals surface area contributed by atoms with Gasteiger partial charge in [0.15, 0.2) is 5.78 Å². The molecule has 0 aliphatic heterocycles. The van der Waals surface area contributed by atoms with Crippen molar-refractivity contribution in [1.29, 1.82) is 0 Å². The number of ketones is 1. The topological polar surface area (TPSA) is 84.7 Å². The quantitative estimate of drug-likeness (QED) is 0.440. The number of aromatic nitrogens is 3. The van der Waals surface area contributed by atoms with Crippen LogP contribution in [-0.2, 0) is 36.9 Å². The van der Waals surface area contributed by atoms with E-state index >= 15 is 0 Å². The van der Waals surface area contributed by atoms with Crippen molar-refractivity contribution in [1.82, 2.24) is 15.0 Å². The average molecular weight is 357 g/mol. The summed E-state index contributed by atoms with van der Waals surface area (Å²) in [4.78, 5) is 11.6. The SMILES string of the molecule is CC(C)OCCOCCOCCOCc1cn(CC(=O)C(C)C)nn1. The minimum atomic E-state index is -0.00670. The largest absolute Gasteiger partial charge is 0.377 e. The molecule has 0 fully saturated rings. The molecule has 0 spiro atoms. The van der Waals surface area contributed by atoms with E-state index in [2.05, 4.69) is 10.3 Å². The molecule has 1 rings (SSSR count). The first-order valence-electron chi connectivity index (χ1n) is 8.75. The number of hydrogen-bond acceptors (Lipinski definition) is 7. The number of carbonyl (C=O) groups excluding carboxylic acids is 1. The molecule has 0 aliphatic carbocycles. The summed E-state index contributed by atoms with van der Waals surface area (Å²) in [6.07, 6.45) is 1.96. The monoisotopic (exact) mass is 357 g/mol. The summed E-state index contributed by atoms with van der Waals surface area (Å²) in [6.45, 7) is 11.5. The Balaban J connectivity index is 1.96. The molecule has 0 aromatic carbocycles. The highest BCUT2D eigenvalue weighted by Crippen LogP contribution is 2.00. The fraction of sp³-hybridized carbons (Fsp3) is 0.824. The van der Waals surface area contributed by atoms with Crippen molar-refractivity contribution in [2.75, 3.05) is 39.6 Å². The zero-order valence-electron chi connectivity index (χ0n) is 15.8. The third-order valence-electron chi connectivity index (χ3n) is 3.22. The number of Topliss-reactive ketones (excluding diaryl/α,β-unsaturated/α-hetero) is 1. The first kappa shape index (κ1) is 21.7. The smallest absolute Gasteiger partial charge is 0.156 e. The van der Waals surface area contributed by atoms with Crippen molar-refractivity contribution < 1.29 is 23.7 Å². The highest BCUT2D eigenvalue weighted by atomic mass is 16.6. The van der Waals surface area contributed by atoms with Gasteiger partial charge in [-0.3, -0.25) is 4.79 Å². The van der Waals surface area contributed by atoms with Gasteiger partial charge in [-0.1, -0.05) is 19.1 Å². The van der Waals surface area contributed by atoms with Crippen LogP contribution in [0.25, 0.3) is 0 Å². The molecule has 0 unspecified atom stereocenters. The van der Waals surface area contributed by atoms with E-state index < -0.39 is 0 Å². The molecule has 144 valence electrons. The van der Waals surface area contributed by atoms with E-state index in [0.717, 1.165) is 0 Å². The van der Waals surface area contributed by atoms with Crippen molar-refractivity contribution in [3.05, 3.63) is 11.9 Å². The maximum absolute atomic E-state index is 11.6. The van der Waals surface area contributed by atoms with Crippen LogP contribution in [0.3, 0.4) is 0 Å². The second kappa shape index (κ2) is 12.9. The highest BCUT2D eigenvalue weighted by molar-refractivity contribution is 5.79. The van der Waals surface area contributed by atoms with Crippen LogP contribution >= 0.6 is 0 Å². The third kappa shape index (κ3) is 11.0. The Morgan fingerprint density at radius 1 is 1.00 bits per heavy atom. The second-order valence-corrected chi connectivity index (χ2v) is 6.23. The molecule has 1 heterocycles. The normalized spacial score (nSPS) is 11.6. The Kier molecular flexibility index (Phi) is 11.2. The van der Waals surface area contributed by atoms with Crippen molar-refractivity contribution in [2.45, 2.75) is 47.0 Å². The molecule has 1 aromatic heterocycles. The van der Waals surface area contributed by atoms with Gasteiger partial charge in [-0.05, 0) is 13.8 Å². The molecule has 0 N–H and O–H groups in total. The van der Waals surface area contributed by atoms with Gasteiger partial charge < -0.3 is 18.9 Å². The van der Waals surface area contributed by atoms with E-state index in [-0.39, 0.29) is 24.3 Å². The van der Waals surface area contributed by atoms with Crippen molar-refractivity contribution in [2.24, 2.45) is 5.92 Å². The number of rotatable bonds is 15. The molecule has 0 atom stereocenters. The van der Waals surface area contributed by atoms with Crippen LogP contribution in [0.1, 0.15) is 33.4 Å². The highest BCUT2D eigenvalue weighted by Gasteiger charge is 2.09. The standard InChI is InChI=1S/C17H31N3O5/c1-14(2)17(21)12-20-11-16(18-19-20)13-24-8-7-22-5-6-23-9-10-25-15(3)4/h11,14-15H,5-10,12-13H2,1-4H3. The van der Waals surface area contributed by atoms with Crippen LogP contribution in [0.2, 0.25) is 0 Å². The fourth-order valence-corrected chi connectivity index (χ4v) is 1.78. The third-order valence-corrected chi connectivity index (χ3v) is 3.22. The van der Waals surface area contributed by atoms with Crippen LogP contribution in [0.15, 0.2) is 6.20 Å². The predicted octanol–water partition coefficient (Wildman–Crippen LogP) is 1.48. The Bertz CT molecular complexity index is 477. The fourth-order valence-electron chi connectivity index (χ4n) is 1.78. The first-order chi connectivity index (χ1) is 12.0. The van der Waals surface area contributed by atoms with Crippen LogP contribution in [0.4, 0.5) is 0 Å². The molecule has 25 heavy (non-hydrogen) atoms. The van der Waals surface area contributed by atoms with Gasteiger partial charge >= 0.3 is 0 Å². The molecular weight excluding hydrogens is 326 g/mol. The lowest BCUT2D eigenvalue weighted by Gasteiger charge is -2.08. The summed E-state index contributed by atoms with van der Waals surface area (Å²) >= 11 is 0. The van der Waals surface area contributed by atoms with E-state index in [9.17, 15) is 4.79 Å². The van der Waals surface area contributed by atoms with Gasteiger partial charge in [0.25, 0.3) is 0 Å². The zero-order valence-corrected chi connectivity index (χ0v) is 15.8. The minimum Gasteiger partial charge on any atom is -0.377 e. The van der Waals surface area contributed by atoms with Gasteiger partial charge in [-0.15, -0.1) is 5.10 Å². The van der Waals surface area contributed by atoms with Gasteiger partial charge in [0.05, 0.1) is 58.5 Å². The molecule has 0 saturated carbocycles. The predicted molar refractivity (Wildman–Crippen MR) is 92.2 cm³/mol. The number of nitrogens with zero attached hydrogens (tertiary/aromatic N) is 3. The summed E-state index contributed by atoms with van der Waals surface area (Å²) in [7, 11) is 0. The van der Waals surface area contributed by atoms with E-state index in [1.54, 1.807) is 6.20 Å². The maximum atomic E-state index is 11.6. The van der Waals surface area contributed by atoms with Crippen LogP contribution in [0.5, 0.6) is 0 Å². The zero-order chi connectivity index (χ0) is 18.5. The van der Waals surface area contributed by atoms with Gasteiger partial charge in [-0.2, -0.15) is 0 Å². The molecule has 0 radical (unpaired) electrons. The van der Waals surface area contributed by atoms with Crippen LogP contribution in [-0.4, -0.2) is 66.5 Å². The van der Waals surface area contributed by atoms with E-state index in [0.29, 0.717) is 51.9 Å². The van der Waals surface area contributed by atoms with E-state index in [1.165, 1.54) is 4.68 Å². The maximum Gasteiger partial charge on any atom is 0.156 e. The van der Waals surface area contributed by atoms with Crippen molar-refractivity contribution in [3.8, 4) is 0 Å². The number of ether oxygens (including phenoxy) is 4. The number of carbonyl (C=O) groups is 1. The summed E-state index contributed by atoms with van der Waals surface area (Å²) in [6, 6.07) is 0. The van der Waals surface area contributed by atoms with Gasteiger partial charge in [-0.25, -0.2) is 4.68 Å². The summed E-state index contributed by atoms with van der Waals surface area (Å²) in [5, 5.41) is 7.90. The molecule has 1 aromatic rings.